The molecule has 0 bridgehead atoms. The first kappa shape index (κ1) is 20.7. The standard InChI is InChI=1S/C25H22ClN5S/c1-16-14-21(17(2)30(16)20-6-5-12-27-15-20)24-23(22-7-3-4-13-28-22)29-25(32)31(24)19-10-8-18(26)9-11-19/h3-15,23-24H,1-2H3,(H,29,32)/t23-,24-/m1/s1. The minimum Gasteiger partial charge on any atom is -0.351 e. The Hall–Kier alpha value is -3.22. The molecule has 1 aliphatic heterocycles. The second-order valence-corrected chi connectivity index (χ2v) is 8.67. The quantitative estimate of drug-likeness (QED) is 0.396. The van der Waals surface area contributed by atoms with E-state index in [9.17, 15) is 0 Å². The minimum atomic E-state index is -0.0952. The summed E-state index contributed by atoms with van der Waals surface area (Å²) in [5, 5.41) is 4.88. The van der Waals surface area contributed by atoms with Gasteiger partial charge in [0.25, 0.3) is 0 Å². The molecule has 0 unspecified atom stereocenters. The molecule has 5 rings (SSSR count). The molecule has 1 aliphatic rings. The predicted octanol–water partition coefficient (Wildman–Crippen LogP) is 5.71. The summed E-state index contributed by atoms with van der Waals surface area (Å²) >= 11 is 12.0. The molecule has 32 heavy (non-hydrogen) atoms. The van der Waals surface area contributed by atoms with Crippen molar-refractivity contribution in [2.45, 2.75) is 25.9 Å². The fourth-order valence-electron chi connectivity index (χ4n) is 4.52. The van der Waals surface area contributed by atoms with Gasteiger partial charge in [0, 0.05) is 34.5 Å². The molecule has 0 aliphatic carbocycles. The Kier molecular flexibility index (Phi) is 5.41. The maximum atomic E-state index is 6.16. The summed E-state index contributed by atoms with van der Waals surface area (Å²) in [6, 6.07) is 19.9. The van der Waals surface area contributed by atoms with E-state index in [0.29, 0.717) is 10.1 Å². The Morgan fingerprint density at radius 3 is 2.47 bits per heavy atom. The first-order valence-electron chi connectivity index (χ1n) is 10.4. The van der Waals surface area contributed by atoms with Crippen LogP contribution in [0.1, 0.15) is 34.7 Å². The molecular weight excluding hydrogens is 438 g/mol. The van der Waals surface area contributed by atoms with Crippen LogP contribution in [0.15, 0.2) is 79.3 Å². The van der Waals surface area contributed by atoms with Gasteiger partial charge in [0.15, 0.2) is 5.11 Å². The van der Waals surface area contributed by atoms with Gasteiger partial charge in [-0.2, -0.15) is 0 Å². The maximum Gasteiger partial charge on any atom is 0.174 e. The van der Waals surface area contributed by atoms with Gasteiger partial charge < -0.3 is 14.8 Å². The predicted molar refractivity (Wildman–Crippen MR) is 132 cm³/mol. The number of anilines is 1. The molecule has 0 saturated carbocycles. The van der Waals surface area contributed by atoms with E-state index in [2.05, 4.69) is 50.7 Å². The molecular formula is C25H22ClN5S. The zero-order chi connectivity index (χ0) is 22.2. The highest BCUT2D eigenvalue weighted by atomic mass is 35.5. The molecule has 160 valence electrons. The number of rotatable bonds is 4. The number of benzene rings is 1. The second kappa shape index (κ2) is 8.37. The number of nitrogens with one attached hydrogen (secondary N) is 1. The summed E-state index contributed by atoms with van der Waals surface area (Å²) in [5.41, 5.74) is 6.44. The van der Waals surface area contributed by atoms with Crippen LogP contribution in [0.5, 0.6) is 0 Å². The zero-order valence-electron chi connectivity index (χ0n) is 17.7. The number of nitrogens with zero attached hydrogens (tertiary/aromatic N) is 4. The van der Waals surface area contributed by atoms with Crippen LogP contribution >= 0.6 is 23.8 Å². The van der Waals surface area contributed by atoms with Crippen LogP contribution in [-0.4, -0.2) is 19.6 Å². The van der Waals surface area contributed by atoms with E-state index in [1.54, 1.807) is 6.20 Å². The number of hydrogen-bond donors (Lipinski definition) is 1. The largest absolute Gasteiger partial charge is 0.351 e. The second-order valence-electron chi connectivity index (χ2n) is 7.85. The van der Waals surface area contributed by atoms with Gasteiger partial charge in [-0.3, -0.25) is 9.97 Å². The average Bonchev–Trinajstić information content (AvgIpc) is 3.31. The van der Waals surface area contributed by atoms with Crippen LogP contribution in [0.3, 0.4) is 0 Å². The van der Waals surface area contributed by atoms with Gasteiger partial charge in [-0.15, -0.1) is 0 Å². The Morgan fingerprint density at radius 1 is 0.969 bits per heavy atom. The number of aromatic nitrogens is 3. The van der Waals surface area contributed by atoms with Crippen LogP contribution in [0.4, 0.5) is 5.69 Å². The molecule has 4 aromatic rings. The Morgan fingerprint density at radius 2 is 1.78 bits per heavy atom. The van der Waals surface area contributed by atoms with Gasteiger partial charge in [-0.05, 0) is 86.2 Å². The average molecular weight is 460 g/mol. The highest BCUT2D eigenvalue weighted by Crippen LogP contribution is 2.43. The van der Waals surface area contributed by atoms with Gasteiger partial charge in [0.1, 0.15) is 0 Å². The lowest BCUT2D eigenvalue weighted by molar-refractivity contribution is 0.565. The highest BCUT2D eigenvalue weighted by Gasteiger charge is 2.42. The zero-order valence-corrected chi connectivity index (χ0v) is 19.3. The first-order valence-corrected chi connectivity index (χ1v) is 11.2. The molecule has 2 atom stereocenters. The lowest BCUT2D eigenvalue weighted by Crippen LogP contribution is -2.29. The fraction of sp³-hybridized carbons (Fsp3) is 0.160. The van der Waals surface area contributed by atoms with E-state index < -0.39 is 0 Å². The Balaban J connectivity index is 1.68. The molecule has 0 amide bonds. The van der Waals surface area contributed by atoms with Crippen LogP contribution in [-0.2, 0) is 0 Å². The molecule has 3 aromatic heterocycles. The fourth-order valence-corrected chi connectivity index (χ4v) is 4.99. The number of halogens is 1. The maximum absolute atomic E-state index is 6.16. The molecule has 7 heteroatoms. The number of hydrogen-bond acceptors (Lipinski definition) is 3. The molecule has 0 radical (unpaired) electrons. The molecule has 5 nitrogen and oxygen atoms in total. The van der Waals surface area contributed by atoms with Gasteiger partial charge in [-0.25, -0.2) is 0 Å². The van der Waals surface area contributed by atoms with Crippen molar-refractivity contribution in [2.75, 3.05) is 4.90 Å². The molecule has 1 N–H and O–H groups in total. The number of pyridine rings is 2. The minimum absolute atomic E-state index is 0.0739. The van der Waals surface area contributed by atoms with Crippen LogP contribution < -0.4 is 10.2 Å². The summed E-state index contributed by atoms with van der Waals surface area (Å²) in [7, 11) is 0. The van der Waals surface area contributed by atoms with Gasteiger partial charge >= 0.3 is 0 Å². The smallest absolute Gasteiger partial charge is 0.174 e. The van der Waals surface area contributed by atoms with E-state index in [0.717, 1.165) is 28.5 Å². The molecule has 1 fully saturated rings. The Bertz CT molecular complexity index is 1260. The topological polar surface area (TPSA) is 46.0 Å². The monoisotopic (exact) mass is 459 g/mol. The molecule has 1 saturated heterocycles. The van der Waals surface area contributed by atoms with E-state index in [1.807, 2.05) is 60.9 Å². The summed E-state index contributed by atoms with van der Waals surface area (Å²) in [4.78, 5) is 11.1. The number of aryl methyl sites for hydroxylation is 1. The van der Waals surface area contributed by atoms with Crippen LogP contribution in [0.2, 0.25) is 5.02 Å². The summed E-state index contributed by atoms with van der Waals surface area (Å²) in [6.45, 7) is 4.26. The van der Waals surface area contributed by atoms with Crippen molar-refractivity contribution in [2.24, 2.45) is 0 Å². The van der Waals surface area contributed by atoms with Gasteiger partial charge in [0.2, 0.25) is 0 Å². The van der Waals surface area contributed by atoms with Gasteiger partial charge in [0.05, 0.1) is 29.7 Å². The molecule has 0 spiro atoms. The van der Waals surface area contributed by atoms with Crippen molar-refractivity contribution in [3.8, 4) is 5.69 Å². The van der Waals surface area contributed by atoms with Crippen molar-refractivity contribution in [1.29, 1.82) is 0 Å². The summed E-state index contributed by atoms with van der Waals surface area (Å²) < 4.78 is 2.24. The SMILES string of the molecule is Cc1cc([C@@H]2[C@@H](c3ccccn3)NC(=S)N2c2ccc(Cl)cc2)c(C)n1-c1cccnc1. The third-order valence-corrected chi connectivity index (χ3v) is 6.46. The number of thiocarbonyl (C=S) groups is 1. The lowest BCUT2D eigenvalue weighted by atomic mass is 9.96. The van der Waals surface area contributed by atoms with E-state index >= 15 is 0 Å². The van der Waals surface area contributed by atoms with Crippen LogP contribution in [0.25, 0.3) is 5.69 Å². The van der Waals surface area contributed by atoms with Crippen molar-refractivity contribution in [3.05, 3.63) is 107 Å². The first-order chi connectivity index (χ1) is 15.5. The van der Waals surface area contributed by atoms with E-state index in [-0.39, 0.29) is 12.1 Å². The molecule has 4 heterocycles. The van der Waals surface area contributed by atoms with E-state index in [4.69, 9.17) is 23.8 Å². The highest BCUT2D eigenvalue weighted by molar-refractivity contribution is 7.80. The van der Waals surface area contributed by atoms with Crippen molar-refractivity contribution >= 4 is 34.6 Å². The Labute approximate surface area is 197 Å². The van der Waals surface area contributed by atoms with Crippen molar-refractivity contribution in [3.63, 3.8) is 0 Å². The molecule has 1 aromatic carbocycles. The van der Waals surface area contributed by atoms with E-state index in [1.165, 1.54) is 5.56 Å². The van der Waals surface area contributed by atoms with Crippen LogP contribution in [0, 0.1) is 13.8 Å². The third-order valence-electron chi connectivity index (χ3n) is 5.90. The summed E-state index contributed by atoms with van der Waals surface area (Å²) in [5.74, 6) is 0. The summed E-state index contributed by atoms with van der Waals surface area (Å²) in [6.07, 6.45) is 5.49. The van der Waals surface area contributed by atoms with Crippen molar-refractivity contribution in [1.82, 2.24) is 19.9 Å². The lowest BCUT2D eigenvalue weighted by Gasteiger charge is -2.28. The normalized spacial score (nSPS) is 18.1. The van der Waals surface area contributed by atoms with Gasteiger partial charge in [-0.1, -0.05) is 17.7 Å². The van der Waals surface area contributed by atoms with Crippen molar-refractivity contribution < 1.29 is 0 Å². The third kappa shape index (κ3) is 3.55.